The van der Waals surface area contributed by atoms with E-state index in [0.29, 0.717) is 18.7 Å². The van der Waals surface area contributed by atoms with Crippen LogP contribution >= 0.6 is 0 Å². The molecule has 1 fully saturated rings. The molecule has 1 aromatic rings. The van der Waals surface area contributed by atoms with Gasteiger partial charge in [-0.3, -0.25) is 14.6 Å². The molecule has 2 N–H and O–H groups in total. The molecule has 1 aliphatic heterocycles. The molecule has 2 rings (SSSR count). The van der Waals surface area contributed by atoms with Gasteiger partial charge in [-0.1, -0.05) is 6.07 Å². The Labute approximate surface area is 123 Å². The van der Waals surface area contributed by atoms with Crippen LogP contribution in [0.25, 0.3) is 0 Å². The number of aromatic hydroxyl groups is 1. The average Bonchev–Trinajstić information content (AvgIpc) is 2.46. The largest absolute Gasteiger partial charge is 0.508 e. The molecule has 0 bridgehead atoms. The number of phenolic OH excluding ortho intramolecular Hbond substituents is 1. The number of piperazine rings is 1. The second kappa shape index (κ2) is 6.41. The lowest BCUT2D eigenvalue weighted by Gasteiger charge is -2.39. The van der Waals surface area contributed by atoms with E-state index in [2.05, 4.69) is 4.90 Å². The number of carboxylic acid groups (broad SMARTS) is 1. The molecule has 0 radical (unpaired) electrons. The Morgan fingerprint density at radius 3 is 2.29 bits per heavy atom. The van der Waals surface area contributed by atoms with Gasteiger partial charge in [0, 0.05) is 43.9 Å². The molecule has 5 nitrogen and oxygen atoms in total. The van der Waals surface area contributed by atoms with Crippen LogP contribution in [0.5, 0.6) is 5.75 Å². The van der Waals surface area contributed by atoms with E-state index in [-0.39, 0.29) is 11.8 Å². The van der Waals surface area contributed by atoms with Gasteiger partial charge in [0.2, 0.25) is 0 Å². The van der Waals surface area contributed by atoms with Crippen LogP contribution in [0.4, 0.5) is 4.39 Å². The van der Waals surface area contributed by atoms with Gasteiger partial charge in [0.1, 0.15) is 17.6 Å². The third-order valence-corrected chi connectivity index (χ3v) is 4.24. The number of rotatable bonds is 4. The molecule has 0 amide bonds. The lowest BCUT2D eigenvalue weighted by Crippen LogP contribution is -2.52. The summed E-state index contributed by atoms with van der Waals surface area (Å²) >= 11 is 0. The van der Waals surface area contributed by atoms with Crippen molar-refractivity contribution >= 4 is 5.97 Å². The van der Waals surface area contributed by atoms with E-state index >= 15 is 0 Å². The van der Waals surface area contributed by atoms with Crippen molar-refractivity contribution in [2.75, 3.05) is 26.2 Å². The van der Waals surface area contributed by atoms with Gasteiger partial charge in [0.15, 0.2) is 0 Å². The SMILES string of the molecule is CC(C(=O)O)N1CCN(C(C)c2ccc(F)cc2O)CC1. The van der Waals surface area contributed by atoms with Crippen molar-refractivity contribution in [1.82, 2.24) is 9.80 Å². The minimum absolute atomic E-state index is 0.0344. The molecule has 0 aliphatic carbocycles. The summed E-state index contributed by atoms with van der Waals surface area (Å²) in [6, 6.07) is 3.54. The lowest BCUT2D eigenvalue weighted by molar-refractivity contribution is -0.143. The molecule has 1 heterocycles. The van der Waals surface area contributed by atoms with Crippen molar-refractivity contribution in [3.8, 4) is 5.75 Å². The molecule has 0 saturated carbocycles. The molecule has 0 spiro atoms. The summed E-state index contributed by atoms with van der Waals surface area (Å²) in [5.41, 5.74) is 0.691. The smallest absolute Gasteiger partial charge is 0.320 e. The lowest BCUT2D eigenvalue weighted by atomic mass is 10.0. The quantitative estimate of drug-likeness (QED) is 0.885. The molecule has 1 aliphatic rings. The summed E-state index contributed by atoms with van der Waals surface area (Å²) in [6.45, 7) is 6.42. The molecule has 2 unspecified atom stereocenters. The second-order valence-corrected chi connectivity index (χ2v) is 5.47. The maximum absolute atomic E-state index is 13.0. The van der Waals surface area contributed by atoms with Crippen LogP contribution in [0.3, 0.4) is 0 Å². The van der Waals surface area contributed by atoms with E-state index in [1.165, 1.54) is 6.07 Å². The molecular formula is C15H21FN2O3. The predicted molar refractivity (Wildman–Crippen MR) is 76.7 cm³/mol. The molecule has 1 aromatic carbocycles. The molecule has 0 aromatic heterocycles. The van der Waals surface area contributed by atoms with Crippen LogP contribution in [-0.4, -0.2) is 58.2 Å². The third kappa shape index (κ3) is 3.51. The van der Waals surface area contributed by atoms with Gasteiger partial charge < -0.3 is 10.2 Å². The summed E-state index contributed by atoms with van der Waals surface area (Å²) in [7, 11) is 0. The topological polar surface area (TPSA) is 64.0 Å². The molecule has 116 valence electrons. The van der Waals surface area contributed by atoms with E-state index in [1.54, 1.807) is 13.0 Å². The number of carbonyl (C=O) groups is 1. The highest BCUT2D eigenvalue weighted by Gasteiger charge is 2.28. The Morgan fingerprint density at radius 2 is 1.76 bits per heavy atom. The number of phenols is 1. The Bertz CT molecular complexity index is 516. The van der Waals surface area contributed by atoms with Crippen LogP contribution in [-0.2, 0) is 4.79 Å². The minimum Gasteiger partial charge on any atom is -0.508 e. The average molecular weight is 296 g/mol. The number of halogens is 1. The first-order valence-corrected chi connectivity index (χ1v) is 7.09. The van der Waals surface area contributed by atoms with Gasteiger partial charge in [-0.15, -0.1) is 0 Å². The number of benzene rings is 1. The van der Waals surface area contributed by atoms with E-state index < -0.39 is 17.8 Å². The van der Waals surface area contributed by atoms with Gasteiger partial charge in [0.05, 0.1) is 0 Å². The molecule has 2 atom stereocenters. The third-order valence-electron chi connectivity index (χ3n) is 4.24. The van der Waals surface area contributed by atoms with Crippen molar-refractivity contribution in [1.29, 1.82) is 0 Å². The summed E-state index contributed by atoms with van der Waals surface area (Å²) < 4.78 is 13.0. The fourth-order valence-corrected chi connectivity index (χ4v) is 2.73. The van der Waals surface area contributed by atoms with E-state index in [1.807, 2.05) is 11.8 Å². The number of aliphatic carboxylic acids is 1. The second-order valence-electron chi connectivity index (χ2n) is 5.47. The van der Waals surface area contributed by atoms with Gasteiger partial charge >= 0.3 is 5.97 Å². The fourth-order valence-electron chi connectivity index (χ4n) is 2.73. The first kappa shape index (κ1) is 15.7. The predicted octanol–water partition coefficient (Wildman–Crippen LogP) is 1.68. The molecule has 6 heteroatoms. The van der Waals surface area contributed by atoms with Gasteiger partial charge in [-0.05, 0) is 19.9 Å². The Hall–Kier alpha value is -1.66. The van der Waals surface area contributed by atoms with Gasteiger partial charge in [0.25, 0.3) is 0 Å². The monoisotopic (exact) mass is 296 g/mol. The van der Waals surface area contributed by atoms with Crippen LogP contribution < -0.4 is 0 Å². The van der Waals surface area contributed by atoms with Crippen LogP contribution in [0.15, 0.2) is 18.2 Å². The normalized spacial score (nSPS) is 20.1. The number of hydrogen-bond acceptors (Lipinski definition) is 4. The Morgan fingerprint density at radius 1 is 1.19 bits per heavy atom. The van der Waals surface area contributed by atoms with Gasteiger partial charge in [-0.25, -0.2) is 4.39 Å². The van der Waals surface area contributed by atoms with Crippen molar-refractivity contribution in [3.05, 3.63) is 29.6 Å². The highest BCUT2D eigenvalue weighted by atomic mass is 19.1. The van der Waals surface area contributed by atoms with Crippen LogP contribution in [0.2, 0.25) is 0 Å². The minimum atomic E-state index is -0.812. The molecular weight excluding hydrogens is 275 g/mol. The number of nitrogens with zero attached hydrogens (tertiary/aromatic N) is 2. The Kier molecular flexibility index (Phi) is 4.80. The molecule has 21 heavy (non-hydrogen) atoms. The van der Waals surface area contributed by atoms with Crippen molar-refractivity contribution in [2.24, 2.45) is 0 Å². The van der Waals surface area contributed by atoms with Gasteiger partial charge in [-0.2, -0.15) is 0 Å². The maximum Gasteiger partial charge on any atom is 0.320 e. The van der Waals surface area contributed by atoms with Crippen LogP contribution in [0.1, 0.15) is 25.5 Å². The number of hydrogen-bond donors (Lipinski definition) is 2. The highest BCUT2D eigenvalue weighted by molar-refractivity contribution is 5.72. The number of carboxylic acids is 1. The van der Waals surface area contributed by atoms with E-state index in [9.17, 15) is 14.3 Å². The fraction of sp³-hybridized carbons (Fsp3) is 0.533. The zero-order chi connectivity index (χ0) is 15.6. The standard InChI is InChI=1S/C15H21FN2O3/c1-10(13-4-3-12(16)9-14(13)19)17-5-7-18(8-6-17)11(2)15(20)21/h3-4,9-11,19H,5-8H2,1-2H3,(H,20,21). The highest BCUT2D eigenvalue weighted by Crippen LogP contribution is 2.29. The van der Waals surface area contributed by atoms with Crippen molar-refractivity contribution in [3.63, 3.8) is 0 Å². The first-order chi connectivity index (χ1) is 9.90. The summed E-state index contributed by atoms with van der Waals surface area (Å²) in [5.74, 6) is -1.31. The van der Waals surface area contributed by atoms with Crippen LogP contribution in [0, 0.1) is 5.82 Å². The van der Waals surface area contributed by atoms with E-state index in [4.69, 9.17) is 5.11 Å². The summed E-state index contributed by atoms with van der Waals surface area (Å²) in [4.78, 5) is 15.1. The Balaban J connectivity index is 2.00. The maximum atomic E-state index is 13.0. The van der Waals surface area contributed by atoms with E-state index in [0.717, 1.165) is 19.2 Å². The first-order valence-electron chi connectivity index (χ1n) is 7.09. The molecule has 1 saturated heterocycles. The summed E-state index contributed by atoms with van der Waals surface area (Å²) in [6.07, 6.45) is 0. The van der Waals surface area contributed by atoms with Crippen molar-refractivity contribution < 1.29 is 19.4 Å². The zero-order valence-electron chi connectivity index (χ0n) is 12.3. The summed E-state index contributed by atoms with van der Waals surface area (Å²) in [5, 5.41) is 18.9. The zero-order valence-corrected chi connectivity index (χ0v) is 12.3. The van der Waals surface area contributed by atoms with Crippen molar-refractivity contribution in [2.45, 2.75) is 25.9 Å².